The summed E-state index contributed by atoms with van der Waals surface area (Å²) < 4.78 is 0. The summed E-state index contributed by atoms with van der Waals surface area (Å²) in [6, 6.07) is 12.0. The molecule has 0 saturated carbocycles. The molecule has 0 bridgehead atoms. The number of hydrogen-bond donors (Lipinski definition) is 3. The number of anilines is 3. The fourth-order valence-electron chi connectivity index (χ4n) is 2.26. The van der Waals surface area contributed by atoms with Crippen LogP contribution in [0, 0.1) is 13.8 Å². The van der Waals surface area contributed by atoms with Crippen LogP contribution >= 0.6 is 0 Å². The molecular formula is C18H19N3O3. The fourth-order valence-corrected chi connectivity index (χ4v) is 2.26. The van der Waals surface area contributed by atoms with Crippen LogP contribution in [0.25, 0.3) is 0 Å². The molecule has 3 amide bonds. The number of nitrogens with one attached hydrogen (secondary N) is 3. The zero-order chi connectivity index (χ0) is 17.7. The second-order valence-corrected chi connectivity index (χ2v) is 5.54. The number of rotatable bonds is 3. The van der Waals surface area contributed by atoms with Crippen LogP contribution in [0.15, 0.2) is 42.5 Å². The Kier molecular flexibility index (Phi) is 5.31. The molecule has 6 heteroatoms. The van der Waals surface area contributed by atoms with E-state index in [1.165, 1.54) is 6.92 Å². The largest absolute Gasteiger partial charge is 0.326 e. The van der Waals surface area contributed by atoms with Crippen LogP contribution in [0.3, 0.4) is 0 Å². The monoisotopic (exact) mass is 325 g/mol. The van der Waals surface area contributed by atoms with Gasteiger partial charge in [0.15, 0.2) is 0 Å². The molecule has 6 nitrogen and oxygen atoms in total. The lowest BCUT2D eigenvalue weighted by Crippen LogP contribution is -2.29. The van der Waals surface area contributed by atoms with E-state index in [4.69, 9.17) is 0 Å². The molecule has 0 heterocycles. The number of carbonyl (C=O) groups is 3. The van der Waals surface area contributed by atoms with Crippen molar-refractivity contribution < 1.29 is 14.4 Å². The zero-order valence-electron chi connectivity index (χ0n) is 13.8. The Labute approximate surface area is 140 Å². The van der Waals surface area contributed by atoms with Gasteiger partial charge in [-0.25, -0.2) is 0 Å². The Bertz CT molecular complexity index is 762. The third kappa shape index (κ3) is 4.95. The third-order valence-electron chi connectivity index (χ3n) is 3.15. The quantitative estimate of drug-likeness (QED) is 0.758. The second-order valence-electron chi connectivity index (χ2n) is 5.54. The van der Waals surface area contributed by atoms with Crippen molar-refractivity contribution in [3.05, 3.63) is 53.6 Å². The molecule has 0 unspecified atom stereocenters. The smallest absolute Gasteiger partial charge is 0.314 e. The third-order valence-corrected chi connectivity index (χ3v) is 3.15. The van der Waals surface area contributed by atoms with E-state index >= 15 is 0 Å². The van der Waals surface area contributed by atoms with Gasteiger partial charge in [-0.2, -0.15) is 0 Å². The highest BCUT2D eigenvalue weighted by Gasteiger charge is 2.14. The maximum atomic E-state index is 12.0. The molecule has 24 heavy (non-hydrogen) atoms. The van der Waals surface area contributed by atoms with Gasteiger partial charge in [0.1, 0.15) is 0 Å². The number of carbonyl (C=O) groups excluding carboxylic acids is 3. The van der Waals surface area contributed by atoms with Gasteiger partial charge in [-0.3, -0.25) is 14.4 Å². The van der Waals surface area contributed by atoms with Gasteiger partial charge in [-0.1, -0.05) is 6.07 Å². The second kappa shape index (κ2) is 7.41. The molecule has 0 aliphatic heterocycles. The maximum Gasteiger partial charge on any atom is 0.314 e. The summed E-state index contributed by atoms with van der Waals surface area (Å²) in [5.41, 5.74) is 3.65. The molecule has 2 aromatic rings. The minimum Gasteiger partial charge on any atom is -0.326 e. The molecule has 0 saturated heterocycles. The molecule has 124 valence electrons. The van der Waals surface area contributed by atoms with Gasteiger partial charge in [0.05, 0.1) is 0 Å². The summed E-state index contributed by atoms with van der Waals surface area (Å²) >= 11 is 0. The predicted molar refractivity (Wildman–Crippen MR) is 93.9 cm³/mol. The maximum absolute atomic E-state index is 12.0. The summed E-state index contributed by atoms with van der Waals surface area (Å²) in [6.07, 6.45) is 0. The number of hydrogen-bond acceptors (Lipinski definition) is 3. The first-order chi connectivity index (χ1) is 11.3. The van der Waals surface area contributed by atoms with Crippen molar-refractivity contribution in [3.8, 4) is 0 Å². The predicted octanol–water partition coefficient (Wildman–Crippen LogP) is 2.84. The molecule has 0 fully saturated rings. The van der Waals surface area contributed by atoms with E-state index in [0.29, 0.717) is 17.1 Å². The van der Waals surface area contributed by atoms with Gasteiger partial charge in [0, 0.05) is 24.0 Å². The van der Waals surface area contributed by atoms with Gasteiger partial charge in [0.2, 0.25) is 5.91 Å². The van der Waals surface area contributed by atoms with Crippen LogP contribution in [0.5, 0.6) is 0 Å². The van der Waals surface area contributed by atoms with Gasteiger partial charge in [0.25, 0.3) is 0 Å². The van der Waals surface area contributed by atoms with Gasteiger partial charge in [-0.05, 0) is 61.4 Å². The van der Waals surface area contributed by atoms with Gasteiger partial charge < -0.3 is 16.0 Å². The molecule has 0 spiro atoms. The van der Waals surface area contributed by atoms with Crippen LogP contribution in [-0.4, -0.2) is 17.7 Å². The topological polar surface area (TPSA) is 87.3 Å². The summed E-state index contributed by atoms with van der Waals surface area (Å²) in [5, 5.41) is 7.70. The van der Waals surface area contributed by atoms with Crippen LogP contribution in [-0.2, 0) is 14.4 Å². The average Bonchev–Trinajstić information content (AvgIpc) is 2.47. The van der Waals surface area contributed by atoms with Crippen LogP contribution in [0.1, 0.15) is 18.1 Å². The van der Waals surface area contributed by atoms with Crippen molar-refractivity contribution in [2.75, 3.05) is 16.0 Å². The van der Waals surface area contributed by atoms with Crippen molar-refractivity contribution >= 4 is 34.8 Å². The molecule has 2 rings (SSSR count). The molecule has 0 atom stereocenters. The Morgan fingerprint density at radius 2 is 1.08 bits per heavy atom. The van der Waals surface area contributed by atoms with E-state index in [1.807, 2.05) is 19.9 Å². The molecule has 0 aliphatic carbocycles. The Morgan fingerprint density at radius 3 is 1.54 bits per heavy atom. The number of amides is 3. The number of benzene rings is 2. The lowest BCUT2D eigenvalue weighted by Gasteiger charge is -2.09. The van der Waals surface area contributed by atoms with Crippen LogP contribution in [0.2, 0.25) is 0 Å². The van der Waals surface area contributed by atoms with E-state index in [1.54, 1.807) is 36.4 Å². The van der Waals surface area contributed by atoms with Crippen LogP contribution in [0.4, 0.5) is 17.1 Å². The van der Waals surface area contributed by atoms with Crippen molar-refractivity contribution in [1.82, 2.24) is 0 Å². The van der Waals surface area contributed by atoms with Gasteiger partial charge >= 0.3 is 11.8 Å². The minimum atomic E-state index is -0.763. The Morgan fingerprint density at radius 1 is 0.667 bits per heavy atom. The average molecular weight is 325 g/mol. The first kappa shape index (κ1) is 17.2. The van der Waals surface area contributed by atoms with Gasteiger partial charge in [-0.15, -0.1) is 0 Å². The summed E-state index contributed by atoms with van der Waals surface area (Å²) in [6.45, 7) is 5.24. The highest BCUT2D eigenvalue weighted by Crippen LogP contribution is 2.15. The number of aryl methyl sites for hydroxylation is 2. The first-order valence-corrected chi connectivity index (χ1v) is 7.42. The van der Waals surface area contributed by atoms with E-state index in [0.717, 1.165) is 11.1 Å². The Balaban J connectivity index is 1.98. The van der Waals surface area contributed by atoms with Crippen LogP contribution < -0.4 is 16.0 Å². The van der Waals surface area contributed by atoms with Crippen molar-refractivity contribution in [1.29, 1.82) is 0 Å². The molecular weight excluding hydrogens is 306 g/mol. The van der Waals surface area contributed by atoms with Crippen molar-refractivity contribution in [2.45, 2.75) is 20.8 Å². The first-order valence-electron chi connectivity index (χ1n) is 7.42. The molecule has 0 aliphatic rings. The lowest BCUT2D eigenvalue weighted by atomic mass is 10.1. The highest BCUT2D eigenvalue weighted by molar-refractivity contribution is 6.43. The van der Waals surface area contributed by atoms with E-state index in [9.17, 15) is 14.4 Å². The molecule has 2 aromatic carbocycles. The molecule has 0 radical (unpaired) electrons. The summed E-state index contributed by atoms with van der Waals surface area (Å²) in [5.74, 6) is -1.69. The van der Waals surface area contributed by atoms with Crippen molar-refractivity contribution in [3.63, 3.8) is 0 Å². The standard InChI is InChI=1S/C18H19N3O3/c1-11-8-12(2)10-16(9-11)21-18(24)17(23)20-15-6-4-14(5-7-15)19-13(3)22/h4-10H,1-3H3,(H,19,22)(H,20,23)(H,21,24). The lowest BCUT2D eigenvalue weighted by molar-refractivity contribution is -0.132. The highest BCUT2D eigenvalue weighted by atomic mass is 16.2. The zero-order valence-corrected chi connectivity index (χ0v) is 13.8. The van der Waals surface area contributed by atoms with E-state index in [2.05, 4.69) is 16.0 Å². The molecule has 3 N–H and O–H groups in total. The summed E-state index contributed by atoms with van der Waals surface area (Å²) in [7, 11) is 0. The fraction of sp³-hybridized carbons (Fsp3) is 0.167. The normalized spacial score (nSPS) is 9.96. The van der Waals surface area contributed by atoms with E-state index in [-0.39, 0.29) is 5.91 Å². The van der Waals surface area contributed by atoms with E-state index < -0.39 is 11.8 Å². The Hall–Kier alpha value is -3.15. The molecule has 0 aromatic heterocycles. The van der Waals surface area contributed by atoms with Crippen molar-refractivity contribution in [2.24, 2.45) is 0 Å². The minimum absolute atomic E-state index is 0.181. The summed E-state index contributed by atoms with van der Waals surface area (Å²) in [4.78, 5) is 34.9. The SMILES string of the molecule is CC(=O)Nc1ccc(NC(=O)C(=O)Nc2cc(C)cc(C)c2)cc1.